The first-order valence-electron chi connectivity index (χ1n) is 31.0. The first-order chi connectivity index (χ1) is 43.9. The molecule has 2 aliphatic rings. The maximum absolute atomic E-state index is 14.8. The van der Waals surface area contributed by atoms with E-state index < -0.39 is 0 Å². The van der Waals surface area contributed by atoms with Gasteiger partial charge >= 0.3 is 0 Å². The maximum Gasteiger partial charge on any atom is 0.250 e. The van der Waals surface area contributed by atoms with E-state index in [2.05, 4.69) is 76.7 Å². The molecule has 96 heavy (non-hydrogen) atoms. The topological polar surface area (TPSA) is 176 Å². The van der Waals surface area contributed by atoms with Gasteiger partial charge in [-0.1, -0.05) is 93.0 Å². The number of benzene rings is 4. The van der Waals surface area contributed by atoms with E-state index in [9.17, 15) is 19.2 Å². The molecule has 0 aliphatic carbocycles. The molecule has 16 nitrogen and oxygen atoms in total. The lowest BCUT2D eigenvalue weighted by atomic mass is 9.88. The van der Waals surface area contributed by atoms with Crippen LogP contribution in [0.5, 0.6) is 0 Å². The number of carbonyl (C=O) groups is 4. The SMILES string of the molecule is Br.Br.Br.Br.C=C(C)C(=O)Nc1c(CCN(C)C)cccc1-c1c(-c2cccc(CCN(C)C)c2NC(=O)C(=C)C)c2c(-c3cccc(CCN(C)C)c3NC(=O)C(=C)C)c3nc(cc4ccc(cc5nc(cc1n2-c1cccc(CCN(C)C)c1NC(=O)C(=C)C)C=C5)[nH]4)C=C3. The predicted octanol–water partition coefficient (Wildman–Crippen LogP) is 15.9. The number of carbonyl (C=O) groups excluding carboxylic acids is 4. The summed E-state index contributed by atoms with van der Waals surface area (Å²) >= 11 is 0. The number of para-hydroxylation sites is 4. The number of aromatic nitrogens is 4. The second-order valence-electron chi connectivity index (χ2n) is 25.0. The molecule has 0 atom stereocenters. The number of halogens is 4. The van der Waals surface area contributed by atoms with Crippen LogP contribution >= 0.6 is 67.9 Å². The average Bonchev–Trinajstić information content (AvgIpc) is 1.54. The van der Waals surface area contributed by atoms with Crippen LogP contribution in [0.25, 0.3) is 85.4 Å². The van der Waals surface area contributed by atoms with Crippen LogP contribution in [0.15, 0.2) is 152 Å². The zero-order valence-electron chi connectivity index (χ0n) is 57.0. The number of nitrogens with one attached hydrogen (secondary N) is 5. The number of likely N-dealkylation sites (N-methyl/N-ethyl adjacent to an activating group) is 4. The number of anilines is 4. The second kappa shape index (κ2) is 34.8. The lowest BCUT2D eigenvalue weighted by Crippen LogP contribution is -2.19. The lowest BCUT2D eigenvalue weighted by molar-refractivity contribution is -0.113. The van der Waals surface area contributed by atoms with Crippen LogP contribution in [0.4, 0.5) is 22.7 Å². The first kappa shape index (κ1) is 78.8. The summed E-state index contributed by atoms with van der Waals surface area (Å²) in [5.41, 5.74) is 16.0. The van der Waals surface area contributed by atoms with Gasteiger partial charge in [0.05, 0.1) is 62.2 Å². The molecule has 4 aromatic carbocycles. The Bertz CT molecular complexity index is 4380. The molecule has 8 bridgehead atoms. The van der Waals surface area contributed by atoms with Gasteiger partial charge < -0.3 is 50.4 Å². The lowest BCUT2D eigenvalue weighted by Gasteiger charge is -2.23. The van der Waals surface area contributed by atoms with Crippen molar-refractivity contribution in [1.29, 1.82) is 0 Å². The molecule has 7 aromatic rings. The van der Waals surface area contributed by atoms with Crippen molar-refractivity contribution in [3.05, 3.63) is 197 Å². The number of amides is 4. The summed E-state index contributed by atoms with van der Waals surface area (Å²) in [5, 5.41) is 13.6. The fraction of sp³-hybridized carbons (Fsp3) is 0.263. The van der Waals surface area contributed by atoms with E-state index in [0.29, 0.717) is 170 Å². The van der Waals surface area contributed by atoms with E-state index in [0.717, 1.165) is 33.3 Å². The van der Waals surface area contributed by atoms with E-state index in [1.54, 1.807) is 27.7 Å². The highest BCUT2D eigenvalue weighted by atomic mass is 79.9. The van der Waals surface area contributed by atoms with Crippen molar-refractivity contribution < 1.29 is 19.2 Å². The molecule has 9 rings (SSSR count). The number of H-pyrrole nitrogens is 1. The van der Waals surface area contributed by atoms with E-state index in [1.165, 1.54) is 0 Å². The summed E-state index contributed by atoms with van der Waals surface area (Å²) in [5.74, 6) is -1.54. The highest BCUT2D eigenvalue weighted by Gasteiger charge is 2.33. The number of nitrogens with zero attached hydrogens (tertiary/aromatic N) is 7. The molecule has 3 aromatic heterocycles. The molecule has 5 N–H and O–H groups in total. The Morgan fingerprint density at radius 2 is 0.750 bits per heavy atom. The monoisotopic (exact) mass is 1550 g/mol. The van der Waals surface area contributed by atoms with Crippen molar-refractivity contribution in [3.8, 4) is 39.1 Å². The zero-order valence-corrected chi connectivity index (χ0v) is 63.9. The van der Waals surface area contributed by atoms with Gasteiger partial charge in [0, 0.05) is 92.9 Å². The van der Waals surface area contributed by atoms with E-state index in [1.807, 2.05) is 184 Å². The summed E-state index contributed by atoms with van der Waals surface area (Å²) in [6, 6.07) is 34.3. The Balaban J connectivity index is 0.00000417. The van der Waals surface area contributed by atoms with Crippen LogP contribution in [-0.2, 0) is 44.9 Å². The second-order valence-corrected chi connectivity index (χ2v) is 25.0. The molecule has 5 heterocycles. The Hall–Kier alpha value is -7.92. The maximum atomic E-state index is 14.8. The third-order valence-corrected chi connectivity index (χ3v) is 16.1. The van der Waals surface area contributed by atoms with E-state index in [-0.39, 0.29) is 91.6 Å². The van der Waals surface area contributed by atoms with Crippen molar-refractivity contribution >= 4 is 161 Å². The Morgan fingerprint density at radius 3 is 1.15 bits per heavy atom. The number of aromatic amines is 1. The van der Waals surface area contributed by atoms with Crippen LogP contribution in [0.1, 0.15) is 72.7 Å². The van der Waals surface area contributed by atoms with Gasteiger partial charge in [0.1, 0.15) is 0 Å². The normalized spacial score (nSPS) is 11.3. The van der Waals surface area contributed by atoms with Crippen LogP contribution in [0.2, 0.25) is 0 Å². The van der Waals surface area contributed by atoms with Gasteiger partial charge in [-0.15, -0.1) is 67.9 Å². The van der Waals surface area contributed by atoms with Gasteiger partial charge in [0.25, 0.3) is 23.6 Å². The van der Waals surface area contributed by atoms with E-state index >= 15 is 0 Å². The first-order valence-corrected chi connectivity index (χ1v) is 31.0. The fourth-order valence-corrected chi connectivity index (χ4v) is 11.2. The summed E-state index contributed by atoms with van der Waals surface area (Å²) in [7, 11) is 16.1. The van der Waals surface area contributed by atoms with Gasteiger partial charge in [-0.3, -0.25) is 19.2 Å². The third-order valence-electron chi connectivity index (χ3n) is 16.1. The third kappa shape index (κ3) is 18.6. The predicted molar refractivity (Wildman–Crippen MR) is 424 cm³/mol. The zero-order chi connectivity index (χ0) is 66.2. The molecule has 506 valence electrons. The summed E-state index contributed by atoms with van der Waals surface area (Å²) < 4.78 is 2.18. The molecule has 20 heteroatoms. The van der Waals surface area contributed by atoms with Gasteiger partial charge in [-0.25, -0.2) is 9.97 Å². The molecule has 2 aliphatic heterocycles. The standard InChI is InChI=1S/C76H86N12O4.4BrH/c1-46(2)73(89)80-68-50(35-39-84(9)10)21-17-25-59(68)65-62-34-33-57(79-62)44-56-30-29-54(77-56)43-55-31-32-58(78-55)45-64-66(60-26-18-22-51(36-40-85(11)12)69(60)81-74(90)47(3)4)67(61-27-19-23-52(37-41-86(13)14)70(61)82-75(91)48(5)6)72(65)88(64)63-28-20-24-53(38-42-87(15)16)71(63)83-76(92)49(7)8;;;;/h17-34,43-45,77H,1,3,5,7,35-42H2,2,4,6,8-16H3,(H,80,89)(H,81,90)(H,82,91)(H,83,92);4*1H. The van der Waals surface area contributed by atoms with Gasteiger partial charge in [-0.2, -0.15) is 0 Å². The minimum atomic E-state index is -0.389. The van der Waals surface area contributed by atoms with Gasteiger partial charge in [0.15, 0.2) is 0 Å². The minimum absolute atomic E-state index is 0. The quantitative estimate of drug-likeness (QED) is 0.0366. The highest BCUT2D eigenvalue weighted by molar-refractivity contribution is 8.93. The smallest absolute Gasteiger partial charge is 0.250 e. The Labute approximate surface area is 607 Å². The van der Waals surface area contributed by atoms with Crippen molar-refractivity contribution in [2.45, 2.75) is 53.4 Å². The number of fused-ring (bicyclic) bond motifs is 8. The van der Waals surface area contributed by atoms with Crippen molar-refractivity contribution in [1.82, 2.24) is 39.1 Å². The molecule has 0 unspecified atom stereocenters. The van der Waals surface area contributed by atoms with Crippen molar-refractivity contribution in [2.24, 2.45) is 0 Å². The molecular formula is C76H90Br4N12O4. The molecule has 0 fully saturated rings. The molecular weight excluding hydrogens is 1460 g/mol. The largest absolute Gasteiger partial charge is 0.355 e. The number of rotatable bonds is 24. The van der Waals surface area contributed by atoms with Crippen LogP contribution in [0.3, 0.4) is 0 Å². The minimum Gasteiger partial charge on any atom is -0.355 e. The van der Waals surface area contributed by atoms with Crippen molar-refractivity contribution in [2.75, 3.05) is 104 Å². The molecule has 0 spiro atoms. The molecule has 4 amide bonds. The fourth-order valence-electron chi connectivity index (χ4n) is 11.2. The highest BCUT2D eigenvalue weighted by Crippen LogP contribution is 2.53. The van der Waals surface area contributed by atoms with Gasteiger partial charge in [-0.05, 0) is 193 Å². The van der Waals surface area contributed by atoms with Crippen LogP contribution in [-0.4, -0.2) is 145 Å². The number of hydrogen-bond acceptors (Lipinski definition) is 10. The number of hydrogen-bond donors (Lipinski definition) is 5. The van der Waals surface area contributed by atoms with Crippen molar-refractivity contribution in [3.63, 3.8) is 0 Å². The van der Waals surface area contributed by atoms with Crippen LogP contribution < -0.4 is 21.3 Å². The van der Waals surface area contributed by atoms with Crippen LogP contribution in [0, 0.1) is 0 Å². The Kier molecular flexibility index (Phi) is 28.6. The summed E-state index contributed by atoms with van der Waals surface area (Å²) in [4.78, 5) is 81.7. The Morgan fingerprint density at radius 1 is 0.417 bits per heavy atom. The molecule has 0 radical (unpaired) electrons. The summed E-state index contributed by atoms with van der Waals surface area (Å²) in [6.07, 6.45) is 10.0. The van der Waals surface area contributed by atoms with E-state index in [4.69, 9.17) is 9.97 Å². The molecule has 0 saturated carbocycles. The van der Waals surface area contributed by atoms with Gasteiger partial charge in [0.2, 0.25) is 0 Å². The molecule has 0 saturated heterocycles. The average molecular weight is 1560 g/mol. The summed E-state index contributed by atoms with van der Waals surface area (Å²) in [6.45, 7) is 25.8.